The lowest BCUT2D eigenvalue weighted by atomic mass is 10.2. The van der Waals surface area contributed by atoms with Crippen molar-refractivity contribution >= 4 is 29.1 Å². The number of carbonyl (C=O) groups is 1. The summed E-state index contributed by atoms with van der Waals surface area (Å²) in [6.07, 6.45) is 3.99. The van der Waals surface area contributed by atoms with E-state index in [0.717, 1.165) is 11.4 Å². The number of nitrogens with one attached hydrogen (secondary N) is 1. The minimum atomic E-state index is -0.00270. The van der Waals surface area contributed by atoms with Crippen molar-refractivity contribution in [3.05, 3.63) is 52.0 Å². The SMILES string of the molecule is CCNC(=O)CCc1cc(OCc2ccc(Cl)cn2)c(Cl)cn1. The van der Waals surface area contributed by atoms with E-state index in [4.69, 9.17) is 27.9 Å². The molecule has 2 aromatic rings. The predicted molar refractivity (Wildman–Crippen MR) is 89.8 cm³/mol. The van der Waals surface area contributed by atoms with Crippen LogP contribution in [0.4, 0.5) is 0 Å². The Labute approximate surface area is 145 Å². The largest absolute Gasteiger partial charge is 0.486 e. The summed E-state index contributed by atoms with van der Waals surface area (Å²) >= 11 is 11.9. The molecule has 0 radical (unpaired) electrons. The van der Waals surface area contributed by atoms with Crippen molar-refractivity contribution in [3.8, 4) is 5.75 Å². The lowest BCUT2D eigenvalue weighted by Gasteiger charge is -2.09. The zero-order chi connectivity index (χ0) is 16.7. The number of halogens is 2. The molecule has 0 aliphatic rings. The van der Waals surface area contributed by atoms with Crippen LogP contribution in [-0.4, -0.2) is 22.4 Å². The van der Waals surface area contributed by atoms with Crippen LogP contribution in [0.3, 0.4) is 0 Å². The molecule has 0 saturated carbocycles. The molecule has 2 aromatic heterocycles. The highest BCUT2D eigenvalue weighted by Crippen LogP contribution is 2.25. The van der Waals surface area contributed by atoms with Gasteiger partial charge in [0.1, 0.15) is 17.4 Å². The number of hydrogen-bond donors (Lipinski definition) is 1. The van der Waals surface area contributed by atoms with Gasteiger partial charge in [0.05, 0.1) is 10.7 Å². The zero-order valence-electron chi connectivity index (χ0n) is 12.7. The van der Waals surface area contributed by atoms with Crippen LogP contribution in [0.5, 0.6) is 5.75 Å². The lowest BCUT2D eigenvalue weighted by molar-refractivity contribution is -0.120. The summed E-state index contributed by atoms with van der Waals surface area (Å²) in [5, 5.41) is 3.74. The fourth-order valence-corrected chi connectivity index (χ4v) is 2.15. The van der Waals surface area contributed by atoms with E-state index in [9.17, 15) is 4.79 Å². The van der Waals surface area contributed by atoms with Crippen LogP contribution >= 0.6 is 23.2 Å². The normalized spacial score (nSPS) is 10.4. The van der Waals surface area contributed by atoms with E-state index in [1.165, 1.54) is 6.20 Å². The first-order valence-electron chi connectivity index (χ1n) is 7.23. The Balaban J connectivity index is 1.96. The number of pyridine rings is 2. The molecule has 23 heavy (non-hydrogen) atoms. The van der Waals surface area contributed by atoms with E-state index >= 15 is 0 Å². The second-order valence-corrected chi connectivity index (χ2v) is 5.66. The summed E-state index contributed by atoms with van der Waals surface area (Å²) in [4.78, 5) is 19.9. The standard InChI is InChI=1S/C16H17Cl2N3O2/c1-2-19-16(22)6-5-12-7-15(14(18)9-21-12)23-10-13-4-3-11(17)8-20-13/h3-4,7-9H,2,5-6,10H2,1H3,(H,19,22). The minimum absolute atomic E-state index is 0.00270. The molecule has 0 bridgehead atoms. The molecule has 0 aliphatic heterocycles. The van der Waals surface area contributed by atoms with Crippen LogP contribution in [0.15, 0.2) is 30.6 Å². The van der Waals surface area contributed by atoms with Gasteiger partial charge in [-0.2, -0.15) is 0 Å². The fourth-order valence-electron chi connectivity index (χ4n) is 1.88. The quantitative estimate of drug-likeness (QED) is 0.827. The molecule has 2 heterocycles. The highest BCUT2D eigenvalue weighted by molar-refractivity contribution is 6.31. The number of aryl methyl sites for hydroxylation is 1. The lowest BCUT2D eigenvalue weighted by Crippen LogP contribution is -2.22. The van der Waals surface area contributed by atoms with Gasteiger partial charge in [-0.05, 0) is 25.5 Å². The van der Waals surface area contributed by atoms with E-state index in [2.05, 4.69) is 15.3 Å². The van der Waals surface area contributed by atoms with Gasteiger partial charge in [0.25, 0.3) is 0 Å². The van der Waals surface area contributed by atoms with Crippen molar-refractivity contribution in [2.24, 2.45) is 0 Å². The van der Waals surface area contributed by atoms with Gasteiger partial charge in [0, 0.05) is 37.1 Å². The number of carbonyl (C=O) groups excluding carboxylic acids is 1. The van der Waals surface area contributed by atoms with Crippen molar-refractivity contribution in [1.29, 1.82) is 0 Å². The van der Waals surface area contributed by atoms with Gasteiger partial charge in [0.15, 0.2) is 0 Å². The number of ether oxygens (including phenoxy) is 1. The molecule has 0 spiro atoms. The van der Waals surface area contributed by atoms with Gasteiger partial charge in [-0.3, -0.25) is 14.8 Å². The van der Waals surface area contributed by atoms with Gasteiger partial charge in [-0.1, -0.05) is 23.2 Å². The average molecular weight is 354 g/mol. The molecule has 0 unspecified atom stereocenters. The predicted octanol–water partition coefficient (Wildman–Crippen LogP) is 3.43. The average Bonchev–Trinajstić information content (AvgIpc) is 2.54. The fraction of sp³-hybridized carbons (Fsp3) is 0.312. The van der Waals surface area contributed by atoms with Crippen LogP contribution in [0.1, 0.15) is 24.7 Å². The Morgan fingerprint density at radius 3 is 2.70 bits per heavy atom. The molecule has 122 valence electrons. The Morgan fingerprint density at radius 2 is 2.00 bits per heavy atom. The molecule has 2 rings (SSSR count). The Morgan fingerprint density at radius 1 is 1.22 bits per heavy atom. The maximum Gasteiger partial charge on any atom is 0.220 e. The molecule has 5 nitrogen and oxygen atoms in total. The molecule has 0 aromatic carbocycles. The molecule has 0 aliphatic carbocycles. The molecular formula is C16H17Cl2N3O2. The summed E-state index contributed by atoms with van der Waals surface area (Å²) in [6, 6.07) is 5.28. The van der Waals surface area contributed by atoms with E-state index < -0.39 is 0 Å². The maximum absolute atomic E-state index is 11.5. The van der Waals surface area contributed by atoms with Crippen molar-refractivity contribution in [3.63, 3.8) is 0 Å². The van der Waals surface area contributed by atoms with Crippen molar-refractivity contribution in [1.82, 2.24) is 15.3 Å². The molecule has 1 amide bonds. The van der Waals surface area contributed by atoms with Gasteiger partial charge < -0.3 is 10.1 Å². The monoisotopic (exact) mass is 353 g/mol. The van der Waals surface area contributed by atoms with Gasteiger partial charge in [-0.15, -0.1) is 0 Å². The van der Waals surface area contributed by atoms with Crippen molar-refractivity contribution in [2.75, 3.05) is 6.54 Å². The summed E-state index contributed by atoms with van der Waals surface area (Å²) < 4.78 is 5.68. The van der Waals surface area contributed by atoms with Gasteiger partial charge in [0.2, 0.25) is 5.91 Å². The first kappa shape index (κ1) is 17.5. The molecular weight excluding hydrogens is 337 g/mol. The maximum atomic E-state index is 11.5. The second kappa shape index (κ2) is 8.70. The number of amides is 1. The molecule has 1 N–H and O–H groups in total. The molecule has 0 saturated heterocycles. The number of aromatic nitrogens is 2. The first-order valence-corrected chi connectivity index (χ1v) is 7.98. The van der Waals surface area contributed by atoms with Crippen molar-refractivity contribution in [2.45, 2.75) is 26.4 Å². The Hall–Kier alpha value is -1.85. The van der Waals surface area contributed by atoms with E-state index in [-0.39, 0.29) is 12.5 Å². The van der Waals surface area contributed by atoms with Crippen LogP contribution in [-0.2, 0) is 17.8 Å². The summed E-state index contributed by atoms with van der Waals surface area (Å²) in [5.74, 6) is 0.515. The third kappa shape index (κ3) is 5.69. The van der Waals surface area contributed by atoms with Crippen molar-refractivity contribution < 1.29 is 9.53 Å². The Bertz CT molecular complexity index is 663. The number of nitrogens with zero attached hydrogens (tertiary/aromatic N) is 2. The van der Waals surface area contributed by atoms with Crippen LogP contribution < -0.4 is 10.1 Å². The minimum Gasteiger partial charge on any atom is -0.486 e. The Kier molecular flexibility index (Phi) is 6.62. The van der Waals surface area contributed by atoms with Crippen LogP contribution in [0, 0.1) is 0 Å². The molecule has 7 heteroatoms. The van der Waals surface area contributed by atoms with E-state index in [1.807, 2.05) is 6.92 Å². The summed E-state index contributed by atoms with van der Waals surface area (Å²) in [5.41, 5.74) is 1.49. The van der Waals surface area contributed by atoms with Crippen LogP contribution in [0.2, 0.25) is 10.0 Å². The van der Waals surface area contributed by atoms with Crippen LogP contribution in [0.25, 0.3) is 0 Å². The van der Waals surface area contributed by atoms with E-state index in [1.54, 1.807) is 24.4 Å². The third-order valence-electron chi connectivity index (χ3n) is 3.02. The third-order valence-corrected chi connectivity index (χ3v) is 3.53. The van der Waals surface area contributed by atoms with Gasteiger partial charge >= 0.3 is 0 Å². The summed E-state index contributed by atoms with van der Waals surface area (Å²) in [6.45, 7) is 2.78. The van der Waals surface area contributed by atoms with E-state index in [0.29, 0.717) is 35.2 Å². The number of hydrogen-bond acceptors (Lipinski definition) is 4. The zero-order valence-corrected chi connectivity index (χ0v) is 14.2. The first-order chi connectivity index (χ1) is 11.1. The number of rotatable bonds is 7. The molecule has 0 atom stereocenters. The smallest absolute Gasteiger partial charge is 0.220 e. The molecule has 0 fully saturated rings. The van der Waals surface area contributed by atoms with Gasteiger partial charge in [-0.25, -0.2) is 0 Å². The topological polar surface area (TPSA) is 64.1 Å². The summed E-state index contributed by atoms with van der Waals surface area (Å²) in [7, 11) is 0. The highest BCUT2D eigenvalue weighted by atomic mass is 35.5. The highest BCUT2D eigenvalue weighted by Gasteiger charge is 2.08. The second-order valence-electron chi connectivity index (χ2n) is 4.82.